The molecule has 1 fully saturated rings. The molecule has 0 atom stereocenters. The van der Waals surface area contributed by atoms with E-state index in [1.165, 1.54) is 37.5 Å². The monoisotopic (exact) mass is 518 g/mol. The molecule has 1 heterocycles. The molecule has 4 amide bonds. The number of nitrogens with zero attached hydrogens (tertiary/aromatic N) is 1. The predicted octanol–water partition coefficient (Wildman–Crippen LogP) is 4.49. The third-order valence-corrected chi connectivity index (χ3v) is 6.07. The minimum atomic E-state index is -0.859. The number of amides is 4. The summed E-state index contributed by atoms with van der Waals surface area (Å²) < 4.78 is 5.68. The summed E-state index contributed by atoms with van der Waals surface area (Å²) in [4.78, 5) is 50.3. The molecule has 0 bridgehead atoms. The Kier molecular flexibility index (Phi) is 6.70. The molecule has 0 saturated carbocycles. The molecular weight excluding hydrogens is 500 g/mol. The lowest BCUT2D eigenvalue weighted by Crippen LogP contribution is -2.54. The van der Waals surface area contributed by atoms with Crippen molar-refractivity contribution in [2.24, 2.45) is 0 Å². The number of imide groups is 2. The lowest BCUT2D eigenvalue weighted by molar-refractivity contribution is -0.122. The van der Waals surface area contributed by atoms with E-state index in [0.29, 0.717) is 5.56 Å². The number of benzene rings is 3. The van der Waals surface area contributed by atoms with Crippen molar-refractivity contribution in [3.63, 3.8) is 0 Å². The van der Waals surface area contributed by atoms with Gasteiger partial charge >= 0.3 is 12.0 Å². The first kappa shape index (κ1) is 23.1. The predicted molar refractivity (Wildman–Crippen MR) is 130 cm³/mol. The van der Waals surface area contributed by atoms with Gasteiger partial charge in [0.1, 0.15) is 5.57 Å². The van der Waals surface area contributed by atoms with Gasteiger partial charge in [0, 0.05) is 4.47 Å². The van der Waals surface area contributed by atoms with Crippen molar-refractivity contribution in [2.45, 2.75) is 6.42 Å². The normalized spacial score (nSPS) is 14.8. The fourth-order valence-corrected chi connectivity index (χ4v) is 3.94. The minimum absolute atomic E-state index is 0.171. The van der Waals surface area contributed by atoms with Crippen molar-refractivity contribution in [1.29, 1.82) is 0 Å². The first-order valence-corrected chi connectivity index (χ1v) is 11.1. The van der Waals surface area contributed by atoms with Crippen molar-refractivity contribution < 1.29 is 23.9 Å². The maximum atomic E-state index is 13.1. The Bertz CT molecular complexity index is 1310. The Morgan fingerprint density at radius 1 is 0.971 bits per heavy atom. The Hall–Kier alpha value is -4.04. The highest BCUT2D eigenvalue weighted by Gasteiger charge is 2.36. The molecule has 0 aromatic heterocycles. The summed E-state index contributed by atoms with van der Waals surface area (Å²) in [6.07, 6.45) is 2.17. The van der Waals surface area contributed by atoms with Gasteiger partial charge in [-0.3, -0.25) is 14.9 Å². The number of rotatable bonds is 5. The second-order valence-electron chi connectivity index (χ2n) is 7.51. The molecule has 1 saturated heterocycles. The fraction of sp³-hybridized carbons (Fsp3) is 0.0769. The molecule has 8 heteroatoms. The van der Waals surface area contributed by atoms with E-state index in [2.05, 4.69) is 26.0 Å². The largest absolute Gasteiger partial charge is 0.465 e. The van der Waals surface area contributed by atoms with Gasteiger partial charge < -0.3 is 4.74 Å². The van der Waals surface area contributed by atoms with Crippen LogP contribution in [0.2, 0.25) is 0 Å². The number of urea groups is 1. The van der Waals surface area contributed by atoms with Crippen LogP contribution in [-0.4, -0.2) is 30.9 Å². The van der Waals surface area contributed by atoms with Crippen LogP contribution in [-0.2, 0) is 20.7 Å². The molecule has 3 aromatic rings. The van der Waals surface area contributed by atoms with Gasteiger partial charge in [0.2, 0.25) is 0 Å². The van der Waals surface area contributed by atoms with Crippen molar-refractivity contribution in [3.05, 3.63) is 105 Å². The average molecular weight is 519 g/mol. The van der Waals surface area contributed by atoms with E-state index in [1.54, 1.807) is 0 Å². The molecule has 3 aromatic carbocycles. The van der Waals surface area contributed by atoms with Gasteiger partial charge in [-0.05, 0) is 59.5 Å². The van der Waals surface area contributed by atoms with Gasteiger partial charge in [-0.2, -0.15) is 0 Å². The Balaban J connectivity index is 1.57. The fourth-order valence-electron chi connectivity index (χ4n) is 3.52. The molecule has 1 aliphatic rings. The third-order valence-electron chi connectivity index (χ3n) is 5.29. The summed E-state index contributed by atoms with van der Waals surface area (Å²) in [6, 6.07) is 20.3. The van der Waals surface area contributed by atoms with E-state index in [-0.39, 0.29) is 16.8 Å². The SMILES string of the molecule is COC(=O)c1ccc(N2C(=O)NC(=O)/C(=C\c3ccc(Cc4ccccc4Br)cc3)C2=O)cc1. The molecule has 0 unspecified atom stereocenters. The maximum Gasteiger partial charge on any atom is 0.337 e. The Labute approximate surface area is 204 Å². The van der Waals surface area contributed by atoms with Crippen molar-refractivity contribution in [3.8, 4) is 0 Å². The standard InChI is InChI=1S/C26H19BrN2O5/c1-34-25(32)18-10-12-20(13-11-18)29-24(31)21(23(30)28-26(29)33)15-17-8-6-16(7-9-17)14-19-4-2-3-5-22(19)27/h2-13,15H,14H2,1H3,(H,28,30,33)/b21-15+. The van der Waals surface area contributed by atoms with Crippen LogP contribution in [0.5, 0.6) is 0 Å². The number of ether oxygens (including phenoxy) is 1. The average Bonchev–Trinajstić information content (AvgIpc) is 2.84. The molecule has 4 rings (SSSR count). The summed E-state index contributed by atoms with van der Waals surface area (Å²) in [5.74, 6) is -2.06. The zero-order valence-corrected chi connectivity index (χ0v) is 19.7. The van der Waals surface area contributed by atoms with Crippen molar-refractivity contribution in [2.75, 3.05) is 12.0 Å². The number of barbiturate groups is 1. The maximum absolute atomic E-state index is 13.1. The molecule has 0 radical (unpaired) electrons. The zero-order chi connectivity index (χ0) is 24.2. The molecule has 0 spiro atoms. The van der Waals surface area contributed by atoms with Gasteiger partial charge in [-0.15, -0.1) is 0 Å². The second kappa shape index (κ2) is 9.84. The first-order valence-electron chi connectivity index (χ1n) is 10.3. The van der Waals surface area contributed by atoms with Crippen molar-refractivity contribution in [1.82, 2.24) is 5.32 Å². The highest BCUT2D eigenvalue weighted by atomic mass is 79.9. The summed E-state index contributed by atoms with van der Waals surface area (Å²) >= 11 is 3.54. The topological polar surface area (TPSA) is 92.8 Å². The van der Waals surface area contributed by atoms with E-state index in [9.17, 15) is 19.2 Å². The second-order valence-corrected chi connectivity index (χ2v) is 8.36. The van der Waals surface area contributed by atoms with E-state index >= 15 is 0 Å². The quantitative estimate of drug-likeness (QED) is 0.305. The van der Waals surface area contributed by atoms with Crippen molar-refractivity contribution >= 4 is 51.5 Å². The van der Waals surface area contributed by atoms with Crippen LogP contribution in [0.4, 0.5) is 10.5 Å². The van der Waals surface area contributed by atoms with Crippen LogP contribution < -0.4 is 10.2 Å². The van der Waals surface area contributed by atoms with Crippen LogP contribution >= 0.6 is 15.9 Å². The molecule has 7 nitrogen and oxygen atoms in total. The summed E-state index contributed by atoms with van der Waals surface area (Å²) in [6.45, 7) is 0. The summed E-state index contributed by atoms with van der Waals surface area (Å²) in [5, 5.41) is 2.19. The molecule has 1 N–H and O–H groups in total. The van der Waals surface area contributed by atoms with Crippen LogP contribution in [0.1, 0.15) is 27.0 Å². The van der Waals surface area contributed by atoms with Crippen LogP contribution in [0.3, 0.4) is 0 Å². The number of methoxy groups -OCH3 is 1. The Morgan fingerprint density at radius 2 is 1.65 bits per heavy atom. The number of carbonyl (C=O) groups is 4. The molecule has 1 aliphatic heterocycles. The van der Waals surface area contributed by atoms with E-state index in [4.69, 9.17) is 0 Å². The molecule has 170 valence electrons. The van der Waals surface area contributed by atoms with E-state index in [1.807, 2.05) is 48.5 Å². The minimum Gasteiger partial charge on any atom is -0.465 e. The zero-order valence-electron chi connectivity index (χ0n) is 18.1. The lowest BCUT2D eigenvalue weighted by atomic mass is 10.0. The van der Waals surface area contributed by atoms with E-state index < -0.39 is 23.8 Å². The van der Waals surface area contributed by atoms with E-state index in [0.717, 1.165) is 26.9 Å². The van der Waals surface area contributed by atoms with Gasteiger partial charge in [-0.1, -0.05) is 58.4 Å². The number of nitrogens with one attached hydrogen (secondary N) is 1. The number of carbonyl (C=O) groups excluding carboxylic acids is 4. The summed E-state index contributed by atoms with van der Waals surface area (Å²) in [5.41, 5.74) is 3.17. The molecule has 34 heavy (non-hydrogen) atoms. The number of esters is 1. The first-order chi connectivity index (χ1) is 16.4. The Morgan fingerprint density at radius 3 is 2.29 bits per heavy atom. The van der Waals surface area contributed by atoms with Gasteiger partial charge in [0.05, 0.1) is 18.4 Å². The van der Waals surface area contributed by atoms with Crippen LogP contribution in [0.25, 0.3) is 6.08 Å². The van der Waals surface area contributed by atoms with Crippen LogP contribution in [0, 0.1) is 0 Å². The number of anilines is 1. The molecular formula is C26H19BrN2O5. The number of hydrogen-bond acceptors (Lipinski definition) is 5. The number of halogens is 1. The smallest absolute Gasteiger partial charge is 0.337 e. The number of hydrogen-bond donors (Lipinski definition) is 1. The van der Waals surface area contributed by atoms with Crippen LogP contribution in [0.15, 0.2) is 82.8 Å². The van der Waals surface area contributed by atoms with Gasteiger partial charge in [0.15, 0.2) is 0 Å². The third kappa shape index (κ3) is 4.82. The summed E-state index contributed by atoms with van der Waals surface area (Å²) in [7, 11) is 1.26. The molecule has 0 aliphatic carbocycles. The van der Waals surface area contributed by atoms with Gasteiger partial charge in [0.25, 0.3) is 11.8 Å². The highest BCUT2D eigenvalue weighted by Crippen LogP contribution is 2.24. The highest BCUT2D eigenvalue weighted by molar-refractivity contribution is 9.10. The van der Waals surface area contributed by atoms with Gasteiger partial charge in [-0.25, -0.2) is 14.5 Å². The lowest BCUT2D eigenvalue weighted by Gasteiger charge is -2.26.